The second-order valence-corrected chi connectivity index (χ2v) is 6.80. The molecule has 0 aromatic heterocycles. The molecule has 0 heterocycles. The van der Waals surface area contributed by atoms with E-state index in [2.05, 4.69) is 24.1 Å². The second-order valence-electron chi connectivity index (χ2n) is 6.39. The average Bonchev–Trinajstić information content (AvgIpc) is 2.62. The SMILES string of the molecule is CCCCN(CCCC)CCCNCc1cc(Cl)c(OC)c(OC)c1.Cl.Cl. The van der Waals surface area contributed by atoms with Gasteiger partial charge in [-0.3, -0.25) is 0 Å². The van der Waals surface area contributed by atoms with Gasteiger partial charge in [0.15, 0.2) is 11.5 Å². The van der Waals surface area contributed by atoms with Crippen LogP contribution in [0.3, 0.4) is 0 Å². The van der Waals surface area contributed by atoms with Gasteiger partial charge in [0.1, 0.15) is 0 Å². The minimum absolute atomic E-state index is 0. The fourth-order valence-corrected chi connectivity index (χ4v) is 3.14. The van der Waals surface area contributed by atoms with Crippen LogP contribution >= 0.6 is 36.4 Å². The van der Waals surface area contributed by atoms with Crippen LogP contribution in [0.15, 0.2) is 12.1 Å². The third kappa shape index (κ3) is 11.3. The van der Waals surface area contributed by atoms with E-state index in [1.54, 1.807) is 14.2 Å². The zero-order valence-corrected chi connectivity index (χ0v) is 19.6. The second kappa shape index (κ2) is 17.7. The summed E-state index contributed by atoms with van der Waals surface area (Å²) in [6.07, 6.45) is 6.28. The largest absolute Gasteiger partial charge is 0.493 e. The van der Waals surface area contributed by atoms with Crippen molar-refractivity contribution in [2.45, 2.75) is 52.5 Å². The van der Waals surface area contributed by atoms with Gasteiger partial charge >= 0.3 is 0 Å². The summed E-state index contributed by atoms with van der Waals surface area (Å²) in [5.74, 6) is 1.27. The van der Waals surface area contributed by atoms with Crippen molar-refractivity contribution in [1.82, 2.24) is 10.2 Å². The maximum absolute atomic E-state index is 6.25. The van der Waals surface area contributed by atoms with Crippen LogP contribution in [-0.2, 0) is 6.54 Å². The number of ether oxygens (including phenoxy) is 2. The fourth-order valence-electron chi connectivity index (χ4n) is 2.83. The lowest BCUT2D eigenvalue weighted by Gasteiger charge is -2.22. The van der Waals surface area contributed by atoms with Gasteiger partial charge in [0, 0.05) is 6.54 Å². The van der Waals surface area contributed by atoms with Crippen LogP contribution in [0.1, 0.15) is 51.5 Å². The Bertz CT molecular complexity index is 483. The van der Waals surface area contributed by atoms with Crippen molar-refractivity contribution in [2.24, 2.45) is 0 Å². The Labute approximate surface area is 183 Å². The third-order valence-electron chi connectivity index (χ3n) is 4.31. The Morgan fingerprint density at radius 3 is 2.04 bits per heavy atom. The maximum Gasteiger partial charge on any atom is 0.179 e. The predicted molar refractivity (Wildman–Crippen MR) is 122 cm³/mol. The molecule has 1 aromatic carbocycles. The minimum atomic E-state index is 0. The number of benzene rings is 1. The van der Waals surface area contributed by atoms with Crippen molar-refractivity contribution < 1.29 is 9.47 Å². The van der Waals surface area contributed by atoms with Gasteiger partial charge in [0.05, 0.1) is 19.2 Å². The number of halogens is 3. The van der Waals surface area contributed by atoms with E-state index in [0.29, 0.717) is 16.5 Å². The summed E-state index contributed by atoms with van der Waals surface area (Å²) >= 11 is 6.25. The maximum atomic E-state index is 6.25. The lowest BCUT2D eigenvalue weighted by Crippen LogP contribution is -2.29. The highest BCUT2D eigenvalue weighted by Gasteiger charge is 2.10. The highest BCUT2D eigenvalue weighted by atomic mass is 35.5. The van der Waals surface area contributed by atoms with Crippen molar-refractivity contribution >= 4 is 36.4 Å². The molecule has 1 N–H and O–H groups in total. The number of nitrogens with zero attached hydrogens (tertiary/aromatic N) is 1. The van der Waals surface area contributed by atoms with Crippen molar-refractivity contribution in [3.05, 3.63) is 22.7 Å². The van der Waals surface area contributed by atoms with Crippen LogP contribution in [0, 0.1) is 0 Å². The molecule has 0 bridgehead atoms. The van der Waals surface area contributed by atoms with E-state index in [1.165, 1.54) is 45.3 Å². The molecule has 0 spiro atoms. The van der Waals surface area contributed by atoms with Crippen molar-refractivity contribution in [3.8, 4) is 11.5 Å². The first kappa shape index (κ1) is 28.8. The Kier molecular flexibility index (Phi) is 18.9. The summed E-state index contributed by atoms with van der Waals surface area (Å²) in [7, 11) is 3.23. The van der Waals surface area contributed by atoms with Gasteiger partial charge in [0.25, 0.3) is 0 Å². The number of methoxy groups -OCH3 is 2. The van der Waals surface area contributed by atoms with Crippen LogP contribution in [0.2, 0.25) is 5.02 Å². The van der Waals surface area contributed by atoms with Crippen LogP contribution < -0.4 is 14.8 Å². The molecule has 0 saturated heterocycles. The summed E-state index contributed by atoms with van der Waals surface area (Å²) in [6, 6.07) is 3.91. The molecular formula is C20H37Cl3N2O2. The summed E-state index contributed by atoms with van der Waals surface area (Å²) < 4.78 is 10.6. The number of hydrogen-bond acceptors (Lipinski definition) is 4. The molecule has 1 aromatic rings. The van der Waals surface area contributed by atoms with Crippen LogP contribution in [0.4, 0.5) is 0 Å². The molecule has 1 rings (SSSR count). The predicted octanol–water partition coefficient (Wildman–Crippen LogP) is 5.58. The number of nitrogens with one attached hydrogen (secondary N) is 1. The number of hydrogen-bond donors (Lipinski definition) is 1. The van der Waals surface area contributed by atoms with E-state index in [1.807, 2.05) is 12.1 Å². The minimum Gasteiger partial charge on any atom is -0.493 e. The lowest BCUT2D eigenvalue weighted by atomic mass is 10.2. The van der Waals surface area contributed by atoms with Crippen LogP contribution in [0.5, 0.6) is 11.5 Å². The molecular weight excluding hydrogens is 407 g/mol. The summed E-state index contributed by atoms with van der Waals surface area (Å²) in [4.78, 5) is 2.60. The zero-order valence-electron chi connectivity index (χ0n) is 17.2. The average molecular weight is 444 g/mol. The standard InChI is InChI=1S/C20H35ClN2O2.2ClH/c1-5-7-11-23(12-8-6-2)13-9-10-22-16-17-14-18(21)20(25-4)19(15-17)24-3;;/h14-15,22H,5-13,16H2,1-4H3;2*1H. The third-order valence-corrected chi connectivity index (χ3v) is 4.59. The Hall–Kier alpha value is -0.390. The van der Waals surface area contributed by atoms with E-state index in [-0.39, 0.29) is 24.8 Å². The molecule has 160 valence electrons. The molecule has 0 aliphatic carbocycles. The van der Waals surface area contributed by atoms with Crippen LogP contribution in [-0.4, -0.2) is 45.3 Å². The molecule has 0 fully saturated rings. The quantitative estimate of drug-likeness (QED) is 0.380. The molecule has 0 radical (unpaired) electrons. The lowest BCUT2D eigenvalue weighted by molar-refractivity contribution is 0.261. The molecule has 27 heavy (non-hydrogen) atoms. The van der Waals surface area contributed by atoms with Gasteiger partial charge < -0.3 is 19.7 Å². The normalized spacial score (nSPS) is 10.3. The summed E-state index contributed by atoms with van der Waals surface area (Å²) in [5.41, 5.74) is 1.11. The molecule has 0 aliphatic rings. The smallest absolute Gasteiger partial charge is 0.179 e. The highest BCUT2D eigenvalue weighted by molar-refractivity contribution is 6.32. The van der Waals surface area contributed by atoms with Crippen LogP contribution in [0.25, 0.3) is 0 Å². The van der Waals surface area contributed by atoms with Gasteiger partial charge in [0.2, 0.25) is 0 Å². The highest BCUT2D eigenvalue weighted by Crippen LogP contribution is 2.35. The first-order valence-corrected chi connectivity index (χ1v) is 9.87. The van der Waals surface area contributed by atoms with E-state index in [4.69, 9.17) is 21.1 Å². The van der Waals surface area contributed by atoms with E-state index >= 15 is 0 Å². The van der Waals surface area contributed by atoms with Gasteiger partial charge in [-0.1, -0.05) is 38.3 Å². The topological polar surface area (TPSA) is 33.7 Å². The fraction of sp³-hybridized carbons (Fsp3) is 0.700. The molecule has 7 heteroatoms. The molecule has 0 atom stereocenters. The van der Waals surface area contributed by atoms with Gasteiger partial charge in [-0.25, -0.2) is 0 Å². The molecule has 0 saturated carbocycles. The number of rotatable bonds is 14. The van der Waals surface area contributed by atoms with Crippen molar-refractivity contribution in [2.75, 3.05) is 40.4 Å². The van der Waals surface area contributed by atoms with Gasteiger partial charge in [-0.05, 0) is 63.1 Å². The van der Waals surface area contributed by atoms with Gasteiger partial charge in [-0.2, -0.15) is 0 Å². The van der Waals surface area contributed by atoms with E-state index < -0.39 is 0 Å². The molecule has 0 amide bonds. The molecule has 4 nitrogen and oxygen atoms in total. The molecule has 0 aliphatic heterocycles. The number of unbranched alkanes of at least 4 members (excludes halogenated alkanes) is 2. The Balaban J connectivity index is 0. The monoisotopic (exact) mass is 442 g/mol. The molecule has 0 unspecified atom stereocenters. The summed E-state index contributed by atoms with van der Waals surface area (Å²) in [5, 5.41) is 4.09. The van der Waals surface area contributed by atoms with Crippen molar-refractivity contribution in [1.29, 1.82) is 0 Å². The van der Waals surface area contributed by atoms with Crippen molar-refractivity contribution in [3.63, 3.8) is 0 Å². The summed E-state index contributed by atoms with van der Waals surface area (Å²) in [6.45, 7) is 9.91. The van der Waals surface area contributed by atoms with Gasteiger partial charge in [-0.15, -0.1) is 24.8 Å². The zero-order chi connectivity index (χ0) is 18.5. The Morgan fingerprint density at radius 1 is 0.926 bits per heavy atom. The Morgan fingerprint density at radius 2 is 1.52 bits per heavy atom. The van der Waals surface area contributed by atoms with E-state index in [0.717, 1.165) is 25.1 Å². The first-order chi connectivity index (χ1) is 12.2. The van der Waals surface area contributed by atoms with E-state index in [9.17, 15) is 0 Å². The first-order valence-electron chi connectivity index (χ1n) is 9.49.